The third-order valence-electron chi connectivity index (χ3n) is 1.71. The van der Waals surface area contributed by atoms with Gasteiger partial charge in [-0.2, -0.15) is 5.26 Å². The van der Waals surface area contributed by atoms with Gasteiger partial charge < -0.3 is 0 Å². The Kier molecular flexibility index (Phi) is 4.06. The second-order valence-electron chi connectivity index (χ2n) is 2.66. The highest BCUT2D eigenvalue weighted by Gasteiger charge is 2.16. The van der Waals surface area contributed by atoms with Crippen molar-refractivity contribution in [3.8, 4) is 6.07 Å². The molecule has 0 amide bonds. The van der Waals surface area contributed by atoms with Gasteiger partial charge in [-0.05, 0) is 17.7 Å². The normalized spacial score (nSPS) is 11.1. The Hall–Kier alpha value is -0.220. The van der Waals surface area contributed by atoms with E-state index in [1.54, 1.807) is 0 Å². The SMILES string of the molecule is N#Cc1cc(S)c(S(=O)(=O)Cl)cc1CBr. The van der Waals surface area contributed by atoms with E-state index in [1.807, 2.05) is 6.07 Å². The Morgan fingerprint density at radius 1 is 1.53 bits per heavy atom. The Morgan fingerprint density at radius 3 is 2.53 bits per heavy atom. The fraction of sp³-hybridized carbons (Fsp3) is 0.125. The molecular weight excluding hydrogens is 322 g/mol. The molecule has 1 rings (SSSR count). The summed E-state index contributed by atoms with van der Waals surface area (Å²) in [5, 5.41) is 9.16. The molecule has 7 heteroatoms. The van der Waals surface area contributed by atoms with Crippen LogP contribution in [0.2, 0.25) is 0 Å². The monoisotopic (exact) mass is 325 g/mol. The lowest BCUT2D eigenvalue weighted by atomic mass is 10.1. The molecule has 0 saturated heterocycles. The van der Waals surface area contributed by atoms with E-state index in [-0.39, 0.29) is 9.79 Å². The summed E-state index contributed by atoms with van der Waals surface area (Å²) in [7, 11) is 1.39. The summed E-state index contributed by atoms with van der Waals surface area (Å²) in [6, 6.07) is 4.68. The van der Waals surface area contributed by atoms with Gasteiger partial charge >= 0.3 is 0 Å². The molecule has 3 nitrogen and oxygen atoms in total. The van der Waals surface area contributed by atoms with Gasteiger partial charge in [-0.15, -0.1) is 12.6 Å². The van der Waals surface area contributed by atoms with Gasteiger partial charge in [0.25, 0.3) is 9.05 Å². The van der Waals surface area contributed by atoms with Crippen LogP contribution >= 0.6 is 39.2 Å². The molecule has 0 fully saturated rings. The summed E-state index contributed by atoms with van der Waals surface area (Å²) in [6.45, 7) is 0. The minimum absolute atomic E-state index is 0.0825. The van der Waals surface area contributed by atoms with E-state index in [0.717, 1.165) is 0 Å². The molecule has 0 heterocycles. The highest BCUT2D eigenvalue weighted by molar-refractivity contribution is 9.08. The number of rotatable bonds is 2. The lowest BCUT2D eigenvalue weighted by Crippen LogP contribution is -1.96. The van der Waals surface area contributed by atoms with Crippen LogP contribution in [0, 0.1) is 11.3 Å². The Labute approximate surface area is 106 Å². The predicted molar refractivity (Wildman–Crippen MR) is 64.1 cm³/mol. The highest BCUT2D eigenvalue weighted by Crippen LogP contribution is 2.27. The van der Waals surface area contributed by atoms with Crippen molar-refractivity contribution in [3.63, 3.8) is 0 Å². The fourth-order valence-corrected chi connectivity index (χ4v) is 3.17. The van der Waals surface area contributed by atoms with Crippen molar-refractivity contribution in [2.24, 2.45) is 0 Å². The van der Waals surface area contributed by atoms with E-state index in [1.165, 1.54) is 12.1 Å². The minimum Gasteiger partial charge on any atom is -0.207 e. The van der Waals surface area contributed by atoms with Crippen LogP contribution in [-0.4, -0.2) is 8.42 Å². The van der Waals surface area contributed by atoms with Crippen molar-refractivity contribution in [3.05, 3.63) is 23.3 Å². The van der Waals surface area contributed by atoms with E-state index in [4.69, 9.17) is 15.9 Å². The van der Waals surface area contributed by atoms with E-state index in [9.17, 15) is 8.42 Å². The summed E-state index contributed by atoms with van der Waals surface area (Å²) in [5.74, 6) is 0. The summed E-state index contributed by atoms with van der Waals surface area (Å²) < 4.78 is 22.3. The van der Waals surface area contributed by atoms with Crippen molar-refractivity contribution in [2.75, 3.05) is 0 Å². The molecule has 0 aromatic heterocycles. The molecular formula is C8H5BrClNO2S2. The summed E-state index contributed by atoms with van der Waals surface area (Å²) in [4.78, 5) is 0.0900. The standard InChI is InChI=1S/C8H5BrClNO2S2/c9-3-5-2-8(15(10,12)13)7(14)1-6(5)4-11/h1-2,14H,3H2. The first-order chi connectivity index (χ1) is 6.90. The van der Waals surface area contributed by atoms with Crippen LogP contribution in [0.3, 0.4) is 0 Å². The van der Waals surface area contributed by atoms with Gasteiger partial charge in [-0.1, -0.05) is 15.9 Å². The van der Waals surface area contributed by atoms with Crippen LogP contribution in [0.5, 0.6) is 0 Å². The Balaban J connectivity index is 3.55. The molecule has 0 aliphatic rings. The van der Waals surface area contributed by atoms with Gasteiger partial charge in [0.15, 0.2) is 0 Å². The second kappa shape index (κ2) is 4.74. The molecule has 1 aromatic rings. The lowest BCUT2D eigenvalue weighted by molar-refractivity contribution is 0.607. The zero-order valence-corrected chi connectivity index (χ0v) is 11.3. The second-order valence-corrected chi connectivity index (χ2v) is 6.24. The number of thiol groups is 1. The van der Waals surface area contributed by atoms with Crippen LogP contribution in [-0.2, 0) is 14.4 Å². The third kappa shape index (κ3) is 2.88. The molecule has 1 aromatic carbocycles. The molecule has 0 aliphatic carbocycles. The largest absolute Gasteiger partial charge is 0.262 e. The zero-order valence-electron chi connectivity index (χ0n) is 7.24. The summed E-state index contributed by atoms with van der Waals surface area (Å²) in [5.41, 5.74) is 0.940. The van der Waals surface area contributed by atoms with Crippen molar-refractivity contribution < 1.29 is 8.42 Å². The first-order valence-corrected chi connectivity index (χ1v) is 7.54. The van der Waals surface area contributed by atoms with Gasteiger partial charge in [0.2, 0.25) is 0 Å². The molecule has 0 unspecified atom stereocenters. The van der Waals surface area contributed by atoms with Crippen molar-refractivity contribution in [1.29, 1.82) is 5.26 Å². The number of benzene rings is 1. The van der Waals surface area contributed by atoms with E-state index in [2.05, 4.69) is 28.6 Å². The first-order valence-electron chi connectivity index (χ1n) is 3.66. The fourth-order valence-electron chi connectivity index (χ4n) is 1.02. The molecule has 0 aliphatic heterocycles. The van der Waals surface area contributed by atoms with Crippen molar-refractivity contribution in [1.82, 2.24) is 0 Å². The Morgan fingerprint density at radius 2 is 2.13 bits per heavy atom. The molecule has 0 N–H and O–H groups in total. The number of alkyl halides is 1. The molecule has 0 atom stereocenters. The average molecular weight is 327 g/mol. The first kappa shape index (κ1) is 12.8. The quantitative estimate of drug-likeness (QED) is 0.516. The summed E-state index contributed by atoms with van der Waals surface area (Å²) >= 11 is 7.13. The van der Waals surface area contributed by atoms with E-state index >= 15 is 0 Å². The minimum atomic E-state index is -3.83. The third-order valence-corrected chi connectivity index (χ3v) is 4.20. The van der Waals surface area contributed by atoms with Gasteiger partial charge in [0, 0.05) is 20.9 Å². The molecule has 80 valence electrons. The van der Waals surface area contributed by atoms with Crippen LogP contribution in [0.15, 0.2) is 21.9 Å². The Bertz CT molecular complexity index is 536. The molecule has 0 radical (unpaired) electrons. The maximum absolute atomic E-state index is 11.1. The van der Waals surface area contributed by atoms with E-state index in [0.29, 0.717) is 16.5 Å². The molecule has 0 spiro atoms. The number of hydrogen-bond donors (Lipinski definition) is 1. The van der Waals surface area contributed by atoms with Crippen LogP contribution in [0.4, 0.5) is 0 Å². The number of halogens is 2. The number of nitrogens with zero attached hydrogens (tertiary/aromatic N) is 1. The molecule has 0 saturated carbocycles. The van der Waals surface area contributed by atoms with Gasteiger partial charge in [0.05, 0.1) is 16.5 Å². The van der Waals surface area contributed by atoms with Gasteiger partial charge in [-0.3, -0.25) is 0 Å². The maximum Gasteiger partial charge on any atom is 0.262 e. The number of nitriles is 1. The smallest absolute Gasteiger partial charge is 0.207 e. The lowest BCUT2D eigenvalue weighted by Gasteiger charge is -2.05. The van der Waals surface area contributed by atoms with Crippen LogP contribution < -0.4 is 0 Å². The number of hydrogen-bond acceptors (Lipinski definition) is 4. The van der Waals surface area contributed by atoms with Crippen LogP contribution in [0.1, 0.15) is 11.1 Å². The van der Waals surface area contributed by atoms with Gasteiger partial charge in [0.1, 0.15) is 0 Å². The van der Waals surface area contributed by atoms with E-state index < -0.39 is 9.05 Å². The van der Waals surface area contributed by atoms with Crippen molar-refractivity contribution >= 4 is 48.3 Å². The zero-order chi connectivity index (χ0) is 11.6. The van der Waals surface area contributed by atoms with Crippen molar-refractivity contribution in [2.45, 2.75) is 15.1 Å². The molecule has 15 heavy (non-hydrogen) atoms. The molecule has 0 bridgehead atoms. The summed E-state index contributed by atoms with van der Waals surface area (Å²) in [6.07, 6.45) is 0. The predicted octanol–water partition coefficient (Wildman–Crippen LogP) is 2.67. The topological polar surface area (TPSA) is 57.9 Å². The average Bonchev–Trinajstić information content (AvgIpc) is 2.15. The maximum atomic E-state index is 11.1. The van der Waals surface area contributed by atoms with Gasteiger partial charge in [-0.25, -0.2) is 8.42 Å². The highest BCUT2D eigenvalue weighted by atomic mass is 79.9. The van der Waals surface area contributed by atoms with Crippen LogP contribution in [0.25, 0.3) is 0 Å².